The maximum absolute atomic E-state index is 12.8. The standard InChI is InChI=1S/C25H23ClN4O2/c1-17-19(26)8-6-10-20(17)28-25(31)30-15-13-29(14-16-30)24-18-7-2-4-11-22(18)32-23-12-5-3-9-21(23)27-24/h2-12H,13-16H2,1H3,(H,28,31). The number of amides is 2. The molecule has 3 aromatic carbocycles. The lowest BCUT2D eigenvalue weighted by Gasteiger charge is -2.36. The average molecular weight is 447 g/mol. The Morgan fingerprint density at radius 1 is 0.938 bits per heavy atom. The number of fused-ring (bicyclic) bond motifs is 2. The first-order chi connectivity index (χ1) is 15.6. The van der Waals surface area contributed by atoms with E-state index in [0.717, 1.165) is 39.8 Å². The number of benzene rings is 3. The van der Waals surface area contributed by atoms with Crippen molar-refractivity contribution < 1.29 is 9.53 Å². The summed E-state index contributed by atoms with van der Waals surface area (Å²) in [5, 5.41) is 3.63. The van der Waals surface area contributed by atoms with Gasteiger partial charge in [0.1, 0.15) is 17.3 Å². The highest BCUT2D eigenvalue weighted by atomic mass is 35.5. The summed E-state index contributed by atoms with van der Waals surface area (Å²) in [6.07, 6.45) is 0. The predicted octanol–water partition coefficient (Wildman–Crippen LogP) is 5.68. The van der Waals surface area contributed by atoms with Crippen LogP contribution in [0.3, 0.4) is 0 Å². The van der Waals surface area contributed by atoms with Crippen LogP contribution < -0.4 is 10.1 Å². The second kappa shape index (κ2) is 8.55. The minimum absolute atomic E-state index is 0.119. The maximum Gasteiger partial charge on any atom is 0.321 e. The van der Waals surface area contributed by atoms with Gasteiger partial charge in [0, 0.05) is 36.9 Å². The maximum atomic E-state index is 12.8. The summed E-state index contributed by atoms with van der Waals surface area (Å²) >= 11 is 6.18. The van der Waals surface area contributed by atoms with Gasteiger partial charge in [-0.2, -0.15) is 0 Å². The molecule has 0 saturated carbocycles. The minimum Gasteiger partial charge on any atom is -0.454 e. The number of carbonyl (C=O) groups excluding carboxylic acids is 1. The van der Waals surface area contributed by atoms with Gasteiger partial charge in [-0.05, 0) is 48.9 Å². The van der Waals surface area contributed by atoms with Crippen molar-refractivity contribution in [2.45, 2.75) is 6.92 Å². The smallest absolute Gasteiger partial charge is 0.321 e. The van der Waals surface area contributed by atoms with E-state index in [-0.39, 0.29) is 6.03 Å². The van der Waals surface area contributed by atoms with Gasteiger partial charge in [0.05, 0.1) is 5.56 Å². The van der Waals surface area contributed by atoms with E-state index in [0.29, 0.717) is 31.2 Å². The first-order valence-electron chi connectivity index (χ1n) is 10.6. The fourth-order valence-electron chi connectivity index (χ4n) is 3.97. The van der Waals surface area contributed by atoms with Crippen LogP contribution in [-0.4, -0.2) is 47.8 Å². The van der Waals surface area contributed by atoms with Gasteiger partial charge in [0.25, 0.3) is 0 Å². The Hall–Kier alpha value is -3.51. The largest absolute Gasteiger partial charge is 0.454 e. The molecule has 0 bridgehead atoms. The number of urea groups is 1. The molecule has 0 radical (unpaired) electrons. The summed E-state index contributed by atoms with van der Waals surface area (Å²) in [6.45, 7) is 4.44. The minimum atomic E-state index is -0.119. The van der Waals surface area contributed by atoms with Crippen LogP contribution in [0.2, 0.25) is 5.02 Å². The van der Waals surface area contributed by atoms with Crippen LogP contribution in [0.15, 0.2) is 71.7 Å². The van der Waals surface area contributed by atoms with E-state index in [1.807, 2.05) is 78.6 Å². The SMILES string of the molecule is Cc1c(Cl)cccc1NC(=O)N1CCN(C2=Nc3ccccc3Oc3ccccc32)CC1. The van der Waals surface area contributed by atoms with Gasteiger partial charge in [-0.15, -0.1) is 0 Å². The van der Waals surface area contributed by atoms with Crippen molar-refractivity contribution in [2.24, 2.45) is 4.99 Å². The number of anilines is 1. The summed E-state index contributed by atoms with van der Waals surface area (Å²) in [6, 6.07) is 21.1. The van der Waals surface area contributed by atoms with E-state index in [9.17, 15) is 4.79 Å². The van der Waals surface area contributed by atoms with Crippen LogP contribution in [0.25, 0.3) is 0 Å². The summed E-state index contributed by atoms with van der Waals surface area (Å²) in [5.74, 6) is 2.40. The number of carbonyl (C=O) groups is 1. The zero-order chi connectivity index (χ0) is 22.1. The molecular formula is C25H23ClN4O2. The third-order valence-electron chi connectivity index (χ3n) is 5.82. The lowest BCUT2D eigenvalue weighted by atomic mass is 10.1. The lowest BCUT2D eigenvalue weighted by molar-refractivity contribution is 0.181. The molecule has 0 unspecified atom stereocenters. The van der Waals surface area contributed by atoms with Gasteiger partial charge in [-0.1, -0.05) is 41.9 Å². The van der Waals surface area contributed by atoms with E-state index in [1.165, 1.54) is 0 Å². The van der Waals surface area contributed by atoms with Gasteiger partial charge in [-0.25, -0.2) is 9.79 Å². The van der Waals surface area contributed by atoms with Crippen molar-refractivity contribution in [3.05, 3.63) is 82.9 Å². The van der Waals surface area contributed by atoms with Crippen molar-refractivity contribution in [1.29, 1.82) is 0 Å². The molecule has 32 heavy (non-hydrogen) atoms. The fraction of sp³-hybridized carbons (Fsp3) is 0.200. The zero-order valence-corrected chi connectivity index (χ0v) is 18.5. The Morgan fingerprint density at radius 3 is 2.47 bits per heavy atom. The van der Waals surface area contributed by atoms with E-state index in [1.54, 1.807) is 0 Å². The molecule has 0 atom stereocenters. The molecule has 1 fully saturated rings. The number of aliphatic imine (C=N–C) groups is 1. The van der Waals surface area contributed by atoms with Crippen LogP contribution in [0.5, 0.6) is 11.5 Å². The summed E-state index contributed by atoms with van der Waals surface area (Å²) in [4.78, 5) is 21.8. The summed E-state index contributed by atoms with van der Waals surface area (Å²) < 4.78 is 6.14. The van der Waals surface area contributed by atoms with Crippen LogP contribution in [0, 0.1) is 6.92 Å². The summed E-state index contributed by atoms with van der Waals surface area (Å²) in [7, 11) is 0. The molecule has 0 spiro atoms. The number of ether oxygens (including phenoxy) is 1. The Balaban J connectivity index is 1.34. The molecule has 1 saturated heterocycles. The van der Waals surface area contributed by atoms with Crippen LogP contribution >= 0.6 is 11.6 Å². The van der Waals surface area contributed by atoms with Crippen molar-refractivity contribution in [3.63, 3.8) is 0 Å². The van der Waals surface area contributed by atoms with Gasteiger partial charge in [-0.3, -0.25) is 0 Å². The molecular weight excluding hydrogens is 424 g/mol. The third kappa shape index (κ3) is 3.89. The molecule has 1 N–H and O–H groups in total. The van der Waals surface area contributed by atoms with E-state index in [4.69, 9.17) is 21.3 Å². The highest BCUT2D eigenvalue weighted by Gasteiger charge is 2.27. The van der Waals surface area contributed by atoms with Gasteiger partial charge >= 0.3 is 6.03 Å². The van der Waals surface area contributed by atoms with Gasteiger partial charge in [0.2, 0.25) is 0 Å². The molecule has 2 aliphatic rings. The molecule has 3 aromatic rings. The number of nitrogens with zero attached hydrogens (tertiary/aromatic N) is 3. The number of halogens is 1. The summed E-state index contributed by atoms with van der Waals surface area (Å²) in [5.41, 5.74) is 3.36. The quantitative estimate of drug-likeness (QED) is 0.523. The highest BCUT2D eigenvalue weighted by molar-refractivity contribution is 6.31. The number of piperazine rings is 1. The molecule has 5 rings (SSSR count). The van der Waals surface area contributed by atoms with Crippen molar-refractivity contribution in [1.82, 2.24) is 9.80 Å². The molecule has 7 heteroatoms. The Morgan fingerprint density at radius 2 is 1.66 bits per heavy atom. The van der Waals surface area contributed by atoms with Crippen LogP contribution in [0.1, 0.15) is 11.1 Å². The highest BCUT2D eigenvalue weighted by Crippen LogP contribution is 2.38. The molecule has 2 aliphatic heterocycles. The number of rotatable bonds is 1. The molecule has 162 valence electrons. The van der Waals surface area contributed by atoms with Gasteiger partial charge < -0.3 is 19.9 Å². The fourth-order valence-corrected chi connectivity index (χ4v) is 4.14. The zero-order valence-electron chi connectivity index (χ0n) is 17.7. The Bertz CT molecular complexity index is 1200. The lowest BCUT2D eigenvalue weighted by Crippen LogP contribution is -2.51. The molecule has 2 amide bonds. The van der Waals surface area contributed by atoms with Crippen molar-refractivity contribution in [2.75, 3.05) is 31.5 Å². The van der Waals surface area contributed by atoms with Crippen molar-refractivity contribution >= 4 is 34.8 Å². The van der Waals surface area contributed by atoms with Gasteiger partial charge in [0.15, 0.2) is 5.75 Å². The average Bonchev–Trinajstić information content (AvgIpc) is 2.99. The second-order valence-corrected chi connectivity index (χ2v) is 8.23. The number of amidine groups is 1. The number of para-hydroxylation sites is 3. The molecule has 6 nitrogen and oxygen atoms in total. The Labute approximate surface area is 192 Å². The molecule has 0 aliphatic carbocycles. The predicted molar refractivity (Wildman–Crippen MR) is 128 cm³/mol. The number of hydrogen-bond donors (Lipinski definition) is 1. The van der Waals surface area contributed by atoms with E-state index < -0.39 is 0 Å². The topological polar surface area (TPSA) is 57.2 Å². The van der Waals surface area contributed by atoms with Crippen molar-refractivity contribution in [3.8, 4) is 11.5 Å². The monoisotopic (exact) mass is 446 g/mol. The number of nitrogens with one attached hydrogen (secondary N) is 1. The molecule has 2 heterocycles. The van der Waals surface area contributed by atoms with Crippen LogP contribution in [0.4, 0.5) is 16.2 Å². The van der Waals surface area contributed by atoms with Crippen LogP contribution in [-0.2, 0) is 0 Å². The van der Waals surface area contributed by atoms with E-state index in [2.05, 4.69) is 10.2 Å². The molecule has 0 aromatic heterocycles. The second-order valence-electron chi connectivity index (χ2n) is 7.82. The normalized spacial score (nSPS) is 15.1. The first kappa shape index (κ1) is 20.4. The Kier molecular flexibility index (Phi) is 5.45. The number of hydrogen-bond acceptors (Lipinski definition) is 4. The van der Waals surface area contributed by atoms with E-state index >= 15 is 0 Å². The third-order valence-corrected chi connectivity index (χ3v) is 6.22. The first-order valence-corrected chi connectivity index (χ1v) is 11.0.